The minimum Gasteiger partial charge on any atom is -0.341 e. The molecule has 4 heteroatoms. The smallest absolute Gasteiger partial charge is 0.314 e. The molecular weight excluding hydrogens is 190 g/mol. The molecule has 2 amide bonds. The molecule has 0 aliphatic heterocycles. The number of rotatable bonds is 3. The molecule has 0 heterocycles. The predicted octanol–water partition coefficient (Wildman–Crippen LogP) is 1.03. The zero-order valence-corrected chi connectivity index (χ0v) is 8.58. The van der Waals surface area contributed by atoms with Gasteiger partial charge in [-0.3, -0.25) is 0 Å². The Morgan fingerprint density at radius 2 is 2.07 bits per heavy atom. The number of nitrogens with one attached hydrogen (secondary N) is 2. The number of hydrogen-bond donors (Lipinski definition) is 2. The number of carbonyl (C=O) groups excluding carboxylic acids is 1. The normalized spacial score (nSPS) is 9.07. The highest BCUT2D eigenvalue weighted by molar-refractivity contribution is 5.73. The maximum atomic E-state index is 10.8. The summed E-state index contributed by atoms with van der Waals surface area (Å²) in [5.41, 5.74) is 1.75. The molecule has 0 bridgehead atoms. The number of carbonyl (C=O) groups is 1. The Labute approximate surface area is 88.9 Å². The van der Waals surface area contributed by atoms with Crippen LogP contribution in [-0.4, -0.2) is 19.6 Å². The van der Waals surface area contributed by atoms with E-state index in [1.165, 1.54) is 0 Å². The summed E-state index contributed by atoms with van der Waals surface area (Å²) in [6, 6.07) is 9.21. The van der Waals surface area contributed by atoms with E-state index in [2.05, 4.69) is 16.7 Å². The Balaban J connectivity index is 2.38. The Bertz CT molecular complexity index is 364. The molecule has 0 aliphatic carbocycles. The third-order valence-electron chi connectivity index (χ3n) is 2.01. The molecule has 4 nitrogen and oxygen atoms in total. The van der Waals surface area contributed by atoms with E-state index in [0.29, 0.717) is 12.1 Å². The van der Waals surface area contributed by atoms with Gasteiger partial charge in [-0.05, 0) is 24.1 Å². The van der Waals surface area contributed by atoms with Crippen LogP contribution in [0.2, 0.25) is 0 Å². The summed E-state index contributed by atoms with van der Waals surface area (Å²) >= 11 is 0. The highest BCUT2D eigenvalue weighted by Gasteiger charge is 1.96. The predicted molar refractivity (Wildman–Crippen MR) is 57.3 cm³/mol. The summed E-state index contributed by atoms with van der Waals surface area (Å²) in [5.74, 6) is 0. The first-order chi connectivity index (χ1) is 7.26. The SMILES string of the molecule is CNC(=O)NCCc1ccc(C#N)cc1. The van der Waals surface area contributed by atoms with Gasteiger partial charge in [-0.15, -0.1) is 0 Å². The van der Waals surface area contributed by atoms with Gasteiger partial charge < -0.3 is 10.6 Å². The number of urea groups is 1. The maximum Gasteiger partial charge on any atom is 0.314 e. The van der Waals surface area contributed by atoms with Crippen molar-refractivity contribution in [1.82, 2.24) is 10.6 Å². The minimum atomic E-state index is -0.177. The van der Waals surface area contributed by atoms with Crippen LogP contribution >= 0.6 is 0 Å². The quantitative estimate of drug-likeness (QED) is 0.770. The lowest BCUT2D eigenvalue weighted by atomic mass is 10.1. The van der Waals surface area contributed by atoms with Gasteiger partial charge in [-0.25, -0.2) is 4.79 Å². The maximum absolute atomic E-state index is 10.8. The molecule has 0 aliphatic rings. The second-order valence-corrected chi connectivity index (χ2v) is 3.06. The van der Waals surface area contributed by atoms with Crippen molar-refractivity contribution in [2.45, 2.75) is 6.42 Å². The van der Waals surface area contributed by atoms with Gasteiger partial charge in [0.25, 0.3) is 0 Å². The highest BCUT2D eigenvalue weighted by Crippen LogP contribution is 2.03. The Morgan fingerprint density at radius 3 is 2.60 bits per heavy atom. The standard InChI is InChI=1S/C11H13N3O/c1-13-11(15)14-7-6-9-2-4-10(8-12)5-3-9/h2-5H,6-7H2,1H3,(H2,13,14,15). The van der Waals surface area contributed by atoms with Crippen molar-refractivity contribution in [3.63, 3.8) is 0 Å². The van der Waals surface area contributed by atoms with Crippen LogP contribution in [0.25, 0.3) is 0 Å². The van der Waals surface area contributed by atoms with Crippen LogP contribution in [-0.2, 0) is 6.42 Å². The lowest BCUT2D eigenvalue weighted by molar-refractivity contribution is 0.243. The summed E-state index contributed by atoms with van der Waals surface area (Å²) in [4.78, 5) is 10.8. The third-order valence-corrected chi connectivity index (χ3v) is 2.01. The topological polar surface area (TPSA) is 64.9 Å². The molecule has 0 aromatic heterocycles. The fourth-order valence-electron chi connectivity index (χ4n) is 1.15. The molecule has 1 aromatic carbocycles. The van der Waals surface area contributed by atoms with E-state index in [0.717, 1.165) is 12.0 Å². The highest BCUT2D eigenvalue weighted by atomic mass is 16.2. The largest absolute Gasteiger partial charge is 0.341 e. The van der Waals surface area contributed by atoms with Gasteiger partial charge in [-0.1, -0.05) is 12.1 Å². The van der Waals surface area contributed by atoms with E-state index in [9.17, 15) is 4.79 Å². The molecule has 15 heavy (non-hydrogen) atoms. The van der Waals surface area contributed by atoms with Gasteiger partial charge in [0, 0.05) is 13.6 Å². The van der Waals surface area contributed by atoms with Crippen molar-refractivity contribution in [2.24, 2.45) is 0 Å². The number of amides is 2. The summed E-state index contributed by atoms with van der Waals surface area (Å²) in [5, 5.41) is 13.8. The van der Waals surface area contributed by atoms with Gasteiger partial charge in [0.1, 0.15) is 0 Å². The van der Waals surface area contributed by atoms with Gasteiger partial charge in [0.2, 0.25) is 0 Å². The third kappa shape index (κ3) is 3.69. The van der Waals surface area contributed by atoms with E-state index in [4.69, 9.17) is 5.26 Å². The van der Waals surface area contributed by atoms with Crippen LogP contribution in [0.4, 0.5) is 4.79 Å². The molecule has 1 rings (SSSR count). The van der Waals surface area contributed by atoms with Crippen LogP contribution in [0, 0.1) is 11.3 Å². The molecule has 1 aromatic rings. The molecule has 78 valence electrons. The average molecular weight is 203 g/mol. The molecule has 0 spiro atoms. The minimum absolute atomic E-state index is 0.177. The van der Waals surface area contributed by atoms with Crippen LogP contribution in [0.1, 0.15) is 11.1 Å². The first-order valence-electron chi connectivity index (χ1n) is 4.71. The Kier molecular flexibility index (Phi) is 4.17. The Hall–Kier alpha value is -2.02. The van der Waals surface area contributed by atoms with E-state index in [1.807, 2.05) is 12.1 Å². The van der Waals surface area contributed by atoms with Crippen molar-refractivity contribution in [3.8, 4) is 6.07 Å². The van der Waals surface area contributed by atoms with E-state index in [1.54, 1.807) is 19.2 Å². The summed E-state index contributed by atoms with van der Waals surface area (Å²) in [6.45, 7) is 0.589. The first kappa shape index (κ1) is 11.1. The number of nitriles is 1. The molecule has 0 saturated carbocycles. The van der Waals surface area contributed by atoms with Gasteiger partial charge >= 0.3 is 6.03 Å². The molecule has 2 N–H and O–H groups in total. The van der Waals surface area contributed by atoms with Crippen molar-refractivity contribution in [2.75, 3.05) is 13.6 Å². The number of benzene rings is 1. The Morgan fingerprint density at radius 1 is 1.40 bits per heavy atom. The zero-order chi connectivity index (χ0) is 11.1. The van der Waals surface area contributed by atoms with Crippen molar-refractivity contribution in [1.29, 1.82) is 5.26 Å². The van der Waals surface area contributed by atoms with Gasteiger partial charge in [0.05, 0.1) is 11.6 Å². The monoisotopic (exact) mass is 203 g/mol. The van der Waals surface area contributed by atoms with Crippen LogP contribution in [0.5, 0.6) is 0 Å². The molecule has 0 unspecified atom stereocenters. The summed E-state index contributed by atoms with van der Waals surface area (Å²) in [6.07, 6.45) is 0.763. The fourth-order valence-corrected chi connectivity index (χ4v) is 1.15. The zero-order valence-electron chi connectivity index (χ0n) is 8.58. The molecule has 0 atom stereocenters. The van der Waals surface area contributed by atoms with Crippen LogP contribution < -0.4 is 10.6 Å². The molecule has 0 fully saturated rings. The van der Waals surface area contributed by atoms with Crippen molar-refractivity contribution < 1.29 is 4.79 Å². The van der Waals surface area contributed by atoms with E-state index in [-0.39, 0.29) is 6.03 Å². The molecule has 0 saturated heterocycles. The molecular formula is C11H13N3O. The second kappa shape index (κ2) is 5.66. The number of nitrogens with zero attached hydrogens (tertiary/aromatic N) is 1. The fraction of sp³-hybridized carbons (Fsp3) is 0.273. The van der Waals surface area contributed by atoms with E-state index < -0.39 is 0 Å². The average Bonchev–Trinajstić information content (AvgIpc) is 2.29. The lowest BCUT2D eigenvalue weighted by Gasteiger charge is -2.04. The lowest BCUT2D eigenvalue weighted by Crippen LogP contribution is -2.33. The van der Waals surface area contributed by atoms with Crippen LogP contribution in [0.15, 0.2) is 24.3 Å². The first-order valence-corrected chi connectivity index (χ1v) is 4.71. The van der Waals surface area contributed by atoms with Crippen molar-refractivity contribution in [3.05, 3.63) is 35.4 Å². The summed E-state index contributed by atoms with van der Waals surface area (Å²) in [7, 11) is 1.58. The van der Waals surface area contributed by atoms with Gasteiger partial charge in [-0.2, -0.15) is 5.26 Å². The van der Waals surface area contributed by atoms with E-state index >= 15 is 0 Å². The van der Waals surface area contributed by atoms with Crippen LogP contribution in [0.3, 0.4) is 0 Å². The summed E-state index contributed by atoms with van der Waals surface area (Å²) < 4.78 is 0. The number of hydrogen-bond acceptors (Lipinski definition) is 2. The van der Waals surface area contributed by atoms with Crippen molar-refractivity contribution >= 4 is 6.03 Å². The van der Waals surface area contributed by atoms with Gasteiger partial charge in [0.15, 0.2) is 0 Å². The second-order valence-electron chi connectivity index (χ2n) is 3.06. The molecule has 0 radical (unpaired) electrons.